The first-order valence-electron chi connectivity index (χ1n) is 9.34. The minimum Gasteiger partial charge on any atom is -0.493 e. The van der Waals surface area contributed by atoms with E-state index in [9.17, 15) is 13.2 Å². The molecule has 2 saturated heterocycles. The number of methoxy groups -OCH3 is 2. The Bertz CT molecular complexity index is 810. The lowest BCUT2D eigenvalue weighted by Crippen LogP contribution is -2.50. The number of carbonyl (C=O) groups is 1. The standard InChI is InChI=1S/C19H28N2O5S/c1-4-27(23,24)21-12-10-19(14-21)9-6-11-20(18(19)22)13-15-7-5-8-16(25-2)17(15)26-3/h5,7-8H,4,6,9-14H2,1-3H3/t19-/m0/s1. The van der Waals surface area contributed by atoms with Gasteiger partial charge in [0.05, 0.1) is 25.4 Å². The van der Waals surface area contributed by atoms with E-state index in [0.717, 1.165) is 18.4 Å². The predicted octanol–water partition coefficient (Wildman–Crippen LogP) is 1.87. The number of ether oxygens (including phenoxy) is 2. The van der Waals surface area contributed by atoms with Crippen molar-refractivity contribution in [1.29, 1.82) is 0 Å². The smallest absolute Gasteiger partial charge is 0.230 e. The molecule has 0 aromatic heterocycles. The summed E-state index contributed by atoms with van der Waals surface area (Å²) in [7, 11) is -0.0908. The van der Waals surface area contributed by atoms with E-state index < -0.39 is 15.4 Å². The van der Waals surface area contributed by atoms with Crippen molar-refractivity contribution in [2.75, 3.05) is 39.6 Å². The molecule has 0 radical (unpaired) electrons. The van der Waals surface area contributed by atoms with Gasteiger partial charge in [-0.1, -0.05) is 12.1 Å². The molecule has 8 heteroatoms. The molecule has 1 spiro atoms. The molecule has 1 aromatic rings. The lowest BCUT2D eigenvalue weighted by Gasteiger charge is -2.39. The maximum Gasteiger partial charge on any atom is 0.230 e. The molecule has 150 valence electrons. The van der Waals surface area contributed by atoms with Gasteiger partial charge >= 0.3 is 0 Å². The summed E-state index contributed by atoms with van der Waals surface area (Å²) < 4.78 is 36.8. The van der Waals surface area contributed by atoms with Crippen molar-refractivity contribution < 1.29 is 22.7 Å². The van der Waals surface area contributed by atoms with Gasteiger partial charge in [-0.15, -0.1) is 0 Å². The molecule has 0 unspecified atom stereocenters. The minimum atomic E-state index is -3.27. The molecule has 2 heterocycles. The number of sulfonamides is 1. The van der Waals surface area contributed by atoms with Gasteiger partial charge in [0.1, 0.15) is 0 Å². The molecule has 27 heavy (non-hydrogen) atoms. The Morgan fingerprint density at radius 1 is 1.15 bits per heavy atom. The summed E-state index contributed by atoms with van der Waals surface area (Å²) in [5.74, 6) is 1.39. The van der Waals surface area contributed by atoms with Crippen LogP contribution in [0.3, 0.4) is 0 Å². The zero-order valence-corrected chi connectivity index (χ0v) is 17.0. The second kappa shape index (κ2) is 7.67. The number of nitrogens with zero attached hydrogens (tertiary/aromatic N) is 2. The van der Waals surface area contributed by atoms with Crippen LogP contribution in [0.15, 0.2) is 18.2 Å². The summed E-state index contributed by atoms with van der Waals surface area (Å²) in [5.41, 5.74) is 0.297. The number of carbonyl (C=O) groups excluding carboxylic acids is 1. The molecule has 2 aliphatic heterocycles. The molecule has 0 saturated carbocycles. The van der Waals surface area contributed by atoms with E-state index >= 15 is 0 Å². The molecule has 0 aliphatic carbocycles. The number of hydrogen-bond acceptors (Lipinski definition) is 5. The highest BCUT2D eigenvalue weighted by Gasteiger charge is 2.50. The zero-order valence-electron chi connectivity index (χ0n) is 16.2. The Labute approximate surface area is 161 Å². The van der Waals surface area contributed by atoms with E-state index in [1.165, 1.54) is 4.31 Å². The summed E-state index contributed by atoms with van der Waals surface area (Å²) in [4.78, 5) is 15.1. The molecule has 1 amide bonds. The van der Waals surface area contributed by atoms with Crippen LogP contribution >= 0.6 is 0 Å². The Kier molecular flexibility index (Phi) is 5.67. The van der Waals surface area contributed by atoms with Crippen LogP contribution in [-0.4, -0.2) is 63.1 Å². The lowest BCUT2D eigenvalue weighted by molar-refractivity contribution is -0.146. The number of piperidine rings is 1. The first-order chi connectivity index (χ1) is 12.9. The number of rotatable bonds is 6. The highest BCUT2D eigenvalue weighted by molar-refractivity contribution is 7.89. The number of benzene rings is 1. The minimum absolute atomic E-state index is 0.0485. The normalized spacial score (nSPS) is 23.8. The summed E-state index contributed by atoms with van der Waals surface area (Å²) in [6.45, 7) is 3.47. The second-order valence-corrected chi connectivity index (χ2v) is 9.50. The topological polar surface area (TPSA) is 76.2 Å². The number of amides is 1. The zero-order chi connectivity index (χ0) is 19.7. The van der Waals surface area contributed by atoms with Crippen molar-refractivity contribution in [2.24, 2.45) is 5.41 Å². The highest BCUT2D eigenvalue weighted by Crippen LogP contribution is 2.42. The summed E-state index contributed by atoms with van der Waals surface area (Å²) in [6.07, 6.45) is 2.21. The molecule has 0 N–H and O–H groups in total. The average Bonchev–Trinajstić information content (AvgIpc) is 3.11. The quantitative estimate of drug-likeness (QED) is 0.734. The first-order valence-corrected chi connectivity index (χ1v) is 10.9. The molecular formula is C19H28N2O5S. The van der Waals surface area contributed by atoms with Gasteiger partial charge in [-0.05, 0) is 32.3 Å². The average molecular weight is 397 g/mol. The van der Waals surface area contributed by atoms with E-state index in [1.807, 2.05) is 23.1 Å². The van der Waals surface area contributed by atoms with Crippen molar-refractivity contribution in [3.8, 4) is 11.5 Å². The van der Waals surface area contributed by atoms with Crippen LogP contribution < -0.4 is 9.47 Å². The van der Waals surface area contributed by atoms with Crippen molar-refractivity contribution >= 4 is 15.9 Å². The van der Waals surface area contributed by atoms with Crippen LogP contribution in [0.1, 0.15) is 31.7 Å². The largest absolute Gasteiger partial charge is 0.493 e. The summed E-state index contributed by atoms with van der Waals surface area (Å²) in [5, 5.41) is 0. The second-order valence-electron chi connectivity index (χ2n) is 7.25. The molecule has 0 bridgehead atoms. The fraction of sp³-hybridized carbons (Fsp3) is 0.632. The Hall–Kier alpha value is -1.80. The highest BCUT2D eigenvalue weighted by atomic mass is 32.2. The van der Waals surface area contributed by atoms with Crippen LogP contribution in [-0.2, 0) is 21.4 Å². The van der Waals surface area contributed by atoms with Crippen LogP contribution in [0.25, 0.3) is 0 Å². The van der Waals surface area contributed by atoms with Crippen LogP contribution in [0, 0.1) is 5.41 Å². The Balaban J connectivity index is 1.81. The van der Waals surface area contributed by atoms with Gasteiger partial charge in [0.15, 0.2) is 11.5 Å². The van der Waals surface area contributed by atoms with E-state index in [2.05, 4.69) is 0 Å². The fourth-order valence-corrected chi connectivity index (χ4v) is 5.40. The van der Waals surface area contributed by atoms with Gasteiger partial charge < -0.3 is 14.4 Å². The van der Waals surface area contributed by atoms with Gasteiger partial charge in [-0.2, -0.15) is 0 Å². The SMILES string of the molecule is CCS(=O)(=O)N1CC[C@@]2(CCCN(Cc3cccc(OC)c3OC)C2=O)C1. The molecule has 1 atom stereocenters. The van der Waals surface area contributed by atoms with Gasteiger partial charge in [-0.25, -0.2) is 12.7 Å². The predicted molar refractivity (Wildman–Crippen MR) is 102 cm³/mol. The van der Waals surface area contributed by atoms with Crippen molar-refractivity contribution in [1.82, 2.24) is 9.21 Å². The monoisotopic (exact) mass is 396 g/mol. The van der Waals surface area contributed by atoms with E-state index in [4.69, 9.17) is 9.47 Å². The van der Waals surface area contributed by atoms with Gasteiger partial charge in [-0.3, -0.25) is 4.79 Å². The van der Waals surface area contributed by atoms with Crippen LogP contribution in [0.5, 0.6) is 11.5 Å². The fourth-order valence-electron chi connectivity index (χ4n) is 4.22. The van der Waals surface area contributed by atoms with Gasteiger partial charge in [0.2, 0.25) is 15.9 Å². The van der Waals surface area contributed by atoms with Gasteiger partial charge in [0, 0.05) is 31.7 Å². The number of para-hydroxylation sites is 1. The van der Waals surface area contributed by atoms with Crippen molar-refractivity contribution in [3.05, 3.63) is 23.8 Å². The Morgan fingerprint density at radius 2 is 1.93 bits per heavy atom. The number of hydrogen-bond donors (Lipinski definition) is 0. The lowest BCUT2D eigenvalue weighted by atomic mass is 9.78. The maximum atomic E-state index is 13.3. The van der Waals surface area contributed by atoms with E-state index in [-0.39, 0.29) is 11.7 Å². The third kappa shape index (κ3) is 3.65. The molecule has 2 fully saturated rings. The maximum absolute atomic E-state index is 13.3. The summed E-state index contributed by atoms with van der Waals surface area (Å²) >= 11 is 0. The molecule has 1 aromatic carbocycles. The molecule has 7 nitrogen and oxygen atoms in total. The third-order valence-electron chi connectivity index (χ3n) is 5.75. The van der Waals surface area contributed by atoms with Gasteiger partial charge in [0.25, 0.3) is 0 Å². The Morgan fingerprint density at radius 3 is 2.59 bits per heavy atom. The van der Waals surface area contributed by atoms with E-state index in [0.29, 0.717) is 44.1 Å². The van der Waals surface area contributed by atoms with Crippen molar-refractivity contribution in [2.45, 2.75) is 32.7 Å². The van der Waals surface area contributed by atoms with Crippen LogP contribution in [0.2, 0.25) is 0 Å². The number of likely N-dealkylation sites (tertiary alicyclic amines) is 1. The summed E-state index contributed by atoms with van der Waals surface area (Å²) in [6, 6.07) is 5.64. The first kappa shape index (κ1) is 19.9. The molecule has 2 aliphatic rings. The van der Waals surface area contributed by atoms with Crippen molar-refractivity contribution in [3.63, 3.8) is 0 Å². The molecule has 3 rings (SSSR count). The van der Waals surface area contributed by atoms with Crippen LogP contribution in [0.4, 0.5) is 0 Å². The third-order valence-corrected chi connectivity index (χ3v) is 7.57. The van der Waals surface area contributed by atoms with E-state index in [1.54, 1.807) is 21.1 Å². The molecular weight excluding hydrogens is 368 g/mol.